The van der Waals surface area contributed by atoms with Gasteiger partial charge in [-0.3, -0.25) is 4.99 Å². The first kappa shape index (κ1) is 25.8. The summed E-state index contributed by atoms with van der Waals surface area (Å²) in [5.41, 5.74) is 4.37. The summed E-state index contributed by atoms with van der Waals surface area (Å²) in [5.74, 6) is -2.82. The minimum absolute atomic E-state index is 0.319. The molecule has 0 unspecified atom stereocenters. The van der Waals surface area contributed by atoms with Crippen LogP contribution in [0.15, 0.2) is 53.5 Å². The normalized spacial score (nSPS) is 12.9. The maximum Gasteiger partial charge on any atom is 0.414 e. The van der Waals surface area contributed by atoms with Crippen molar-refractivity contribution in [3.05, 3.63) is 65.2 Å². The maximum atomic E-state index is 11.8. The van der Waals surface area contributed by atoms with Gasteiger partial charge in [-0.05, 0) is 49.1 Å². The monoisotopic (exact) mass is 476 g/mol. The Morgan fingerprint density at radius 3 is 1.94 bits per heavy atom. The van der Waals surface area contributed by atoms with Crippen LogP contribution in [0.5, 0.6) is 0 Å². The third-order valence-electron chi connectivity index (χ3n) is 4.60. The van der Waals surface area contributed by atoms with Gasteiger partial charge in [0.15, 0.2) is 5.96 Å². The van der Waals surface area contributed by atoms with E-state index < -0.39 is 27.2 Å². The van der Waals surface area contributed by atoms with Crippen LogP contribution in [0.2, 0.25) is 0 Å². The van der Waals surface area contributed by atoms with Crippen LogP contribution in [0.3, 0.4) is 0 Å². The molecule has 2 aromatic carbocycles. The zero-order valence-corrected chi connectivity index (χ0v) is 19.2. The molecule has 0 bridgehead atoms. The number of hydrogen-bond donors (Lipinski definition) is 5. The average molecular weight is 477 g/mol. The lowest BCUT2D eigenvalue weighted by Crippen LogP contribution is -2.30. The van der Waals surface area contributed by atoms with E-state index in [-0.39, 0.29) is 0 Å². The quantitative estimate of drug-likeness (QED) is 0.377. The molecule has 0 amide bonds. The molecule has 2 aromatic rings. The fraction of sp³-hybridized carbons (Fsp3) is 0.318. The molecule has 3 rings (SSSR count). The van der Waals surface area contributed by atoms with Gasteiger partial charge < -0.3 is 20.8 Å². The van der Waals surface area contributed by atoms with Gasteiger partial charge in [-0.1, -0.05) is 36.4 Å². The number of hydrogen-bond acceptors (Lipinski definition) is 7. The SMILES string of the molecule is CC(C)S(=O)(=O)NCc1ccc(Cc2ccc(NC3=NCCN3)cc2)cc1.O=C(O)C(=O)O. The molecule has 178 valence electrons. The van der Waals surface area contributed by atoms with E-state index in [0.29, 0.717) is 6.54 Å². The predicted octanol–water partition coefficient (Wildman–Crippen LogP) is 1.63. The molecule has 0 atom stereocenters. The lowest BCUT2D eigenvalue weighted by Gasteiger charge is -2.10. The number of sulfonamides is 1. The fourth-order valence-corrected chi connectivity index (χ4v) is 3.39. The topological polar surface area (TPSA) is 157 Å². The van der Waals surface area contributed by atoms with Crippen LogP contribution in [0.4, 0.5) is 5.69 Å². The van der Waals surface area contributed by atoms with Gasteiger partial charge >= 0.3 is 11.9 Å². The number of benzene rings is 2. The van der Waals surface area contributed by atoms with Crippen molar-refractivity contribution >= 4 is 33.6 Å². The summed E-state index contributed by atoms with van der Waals surface area (Å²) in [4.78, 5) is 22.5. The number of nitrogens with zero attached hydrogens (tertiary/aromatic N) is 1. The molecule has 0 aromatic heterocycles. The van der Waals surface area contributed by atoms with E-state index in [0.717, 1.165) is 36.7 Å². The Kier molecular flexibility index (Phi) is 9.37. The highest BCUT2D eigenvalue weighted by atomic mass is 32.2. The molecule has 0 aliphatic carbocycles. The molecule has 0 radical (unpaired) electrons. The van der Waals surface area contributed by atoms with Crippen LogP contribution in [-0.4, -0.2) is 54.9 Å². The smallest absolute Gasteiger partial charge is 0.414 e. The summed E-state index contributed by atoms with van der Waals surface area (Å²) in [6, 6.07) is 16.3. The fourth-order valence-electron chi connectivity index (χ4n) is 2.69. The first-order valence-electron chi connectivity index (χ1n) is 10.2. The number of aliphatic carboxylic acids is 2. The zero-order valence-electron chi connectivity index (χ0n) is 18.4. The number of carboxylic acid groups (broad SMARTS) is 2. The highest BCUT2D eigenvalue weighted by molar-refractivity contribution is 7.90. The Morgan fingerprint density at radius 1 is 0.970 bits per heavy atom. The number of aliphatic imine (C=N–C) groups is 1. The second-order valence-electron chi connectivity index (χ2n) is 7.50. The zero-order chi connectivity index (χ0) is 24.4. The van der Waals surface area contributed by atoms with Crippen molar-refractivity contribution in [3.63, 3.8) is 0 Å². The van der Waals surface area contributed by atoms with Gasteiger partial charge in [0, 0.05) is 18.8 Å². The number of rotatable bonds is 7. The molecule has 1 aliphatic rings. The highest BCUT2D eigenvalue weighted by Gasteiger charge is 2.14. The summed E-state index contributed by atoms with van der Waals surface area (Å²) >= 11 is 0. The van der Waals surface area contributed by atoms with Gasteiger partial charge in [-0.15, -0.1) is 0 Å². The summed E-state index contributed by atoms with van der Waals surface area (Å²) in [6.07, 6.45) is 0.831. The summed E-state index contributed by atoms with van der Waals surface area (Å²) in [5, 5.41) is 20.8. The Bertz CT molecular complexity index is 1070. The molecular formula is C22H28N4O6S. The van der Waals surface area contributed by atoms with Gasteiger partial charge in [0.1, 0.15) is 0 Å². The molecular weight excluding hydrogens is 448 g/mol. The van der Waals surface area contributed by atoms with Crippen molar-refractivity contribution in [1.82, 2.24) is 10.0 Å². The Hall–Kier alpha value is -3.44. The van der Waals surface area contributed by atoms with Crippen LogP contribution in [0.25, 0.3) is 0 Å². The van der Waals surface area contributed by atoms with Crippen molar-refractivity contribution < 1.29 is 28.2 Å². The van der Waals surface area contributed by atoms with Gasteiger partial charge in [0.25, 0.3) is 0 Å². The largest absolute Gasteiger partial charge is 0.473 e. The van der Waals surface area contributed by atoms with Crippen molar-refractivity contribution in [2.45, 2.75) is 32.1 Å². The molecule has 1 aliphatic heterocycles. The van der Waals surface area contributed by atoms with Gasteiger partial charge in [-0.2, -0.15) is 0 Å². The van der Waals surface area contributed by atoms with Crippen LogP contribution in [-0.2, 0) is 32.6 Å². The van der Waals surface area contributed by atoms with Gasteiger partial charge in [0.05, 0.1) is 11.8 Å². The van der Waals surface area contributed by atoms with Crippen molar-refractivity contribution in [1.29, 1.82) is 0 Å². The van der Waals surface area contributed by atoms with Gasteiger partial charge in [0.2, 0.25) is 10.0 Å². The number of nitrogens with one attached hydrogen (secondary N) is 3. The number of guanidine groups is 1. The van der Waals surface area contributed by atoms with Crippen LogP contribution in [0, 0.1) is 0 Å². The molecule has 0 spiro atoms. The van der Waals surface area contributed by atoms with E-state index in [2.05, 4.69) is 32.5 Å². The van der Waals surface area contributed by atoms with E-state index in [4.69, 9.17) is 19.8 Å². The van der Waals surface area contributed by atoms with Crippen LogP contribution in [0.1, 0.15) is 30.5 Å². The standard InChI is InChI=1S/C20H26N4O2S.C2H2O4/c1-15(2)27(25,26)23-14-18-5-3-16(4-6-18)13-17-7-9-19(10-8-17)24-20-21-11-12-22-20;3-1(4)2(5)6/h3-10,15,23H,11-14H2,1-2H3,(H2,21,22,24);(H,3,4)(H,5,6). The second kappa shape index (κ2) is 12.0. The Morgan fingerprint density at radius 2 is 1.48 bits per heavy atom. The summed E-state index contributed by atoms with van der Waals surface area (Å²) < 4.78 is 26.3. The predicted molar refractivity (Wildman–Crippen MR) is 126 cm³/mol. The first-order chi connectivity index (χ1) is 15.6. The first-order valence-corrected chi connectivity index (χ1v) is 11.8. The molecule has 1 heterocycles. The highest BCUT2D eigenvalue weighted by Crippen LogP contribution is 2.15. The van der Waals surface area contributed by atoms with E-state index >= 15 is 0 Å². The third-order valence-corrected chi connectivity index (χ3v) is 6.39. The van der Waals surface area contributed by atoms with Crippen molar-refractivity contribution in [2.75, 3.05) is 18.4 Å². The van der Waals surface area contributed by atoms with Crippen molar-refractivity contribution in [2.24, 2.45) is 4.99 Å². The molecule has 0 saturated carbocycles. The maximum absolute atomic E-state index is 11.8. The van der Waals surface area contributed by atoms with E-state index in [1.54, 1.807) is 13.8 Å². The number of carboxylic acids is 2. The van der Waals surface area contributed by atoms with Crippen molar-refractivity contribution in [3.8, 4) is 0 Å². The average Bonchev–Trinajstić information content (AvgIpc) is 3.28. The van der Waals surface area contributed by atoms with Crippen LogP contribution >= 0.6 is 0 Å². The Balaban J connectivity index is 0.000000569. The number of carbonyl (C=O) groups is 2. The summed E-state index contributed by atoms with van der Waals surface area (Å²) in [6.45, 7) is 5.36. The molecule has 0 fully saturated rings. The molecule has 11 heteroatoms. The van der Waals surface area contributed by atoms with E-state index in [9.17, 15) is 8.42 Å². The lowest BCUT2D eigenvalue weighted by atomic mass is 10.0. The van der Waals surface area contributed by atoms with Gasteiger partial charge in [-0.25, -0.2) is 22.7 Å². The lowest BCUT2D eigenvalue weighted by molar-refractivity contribution is -0.159. The van der Waals surface area contributed by atoms with E-state index in [1.807, 2.05) is 36.4 Å². The van der Waals surface area contributed by atoms with E-state index in [1.165, 1.54) is 11.1 Å². The second-order valence-corrected chi connectivity index (χ2v) is 9.82. The molecule has 0 saturated heterocycles. The summed E-state index contributed by atoms with van der Waals surface area (Å²) in [7, 11) is -3.24. The number of anilines is 1. The minimum atomic E-state index is -3.24. The van der Waals surface area contributed by atoms with Crippen LogP contribution < -0.4 is 15.4 Å². The molecule has 5 N–H and O–H groups in total. The molecule has 10 nitrogen and oxygen atoms in total. The molecule has 33 heavy (non-hydrogen) atoms. The third kappa shape index (κ3) is 8.91. The minimum Gasteiger partial charge on any atom is -0.473 e. The Labute approximate surface area is 192 Å².